The van der Waals surface area contributed by atoms with Gasteiger partial charge in [0.25, 0.3) is 0 Å². The summed E-state index contributed by atoms with van der Waals surface area (Å²) in [6.07, 6.45) is 0. The molecule has 0 spiro atoms. The third-order valence-corrected chi connectivity index (χ3v) is 3.97. The summed E-state index contributed by atoms with van der Waals surface area (Å²) in [5.74, 6) is -1.10. The molecule has 6 nitrogen and oxygen atoms in total. The van der Waals surface area contributed by atoms with E-state index in [4.69, 9.17) is 5.73 Å². The molecule has 1 aromatic carbocycles. The second-order valence-electron chi connectivity index (χ2n) is 4.03. The summed E-state index contributed by atoms with van der Waals surface area (Å²) in [5, 5.41) is 0. The Kier molecular flexibility index (Phi) is 4.98. The van der Waals surface area contributed by atoms with Crippen molar-refractivity contribution in [3.63, 3.8) is 0 Å². The van der Waals surface area contributed by atoms with Crippen LogP contribution in [0, 0.1) is 5.82 Å². The van der Waals surface area contributed by atoms with Gasteiger partial charge in [-0.3, -0.25) is 4.79 Å². The van der Waals surface area contributed by atoms with Crippen LogP contribution < -0.4 is 10.5 Å². The Balaban J connectivity index is 3.02. The van der Waals surface area contributed by atoms with Crippen molar-refractivity contribution in [1.82, 2.24) is 9.62 Å². The lowest BCUT2D eigenvalue weighted by Gasteiger charge is -2.13. The monoisotopic (exact) mass is 289 g/mol. The number of nitrogens with two attached hydrogens (primary N) is 1. The van der Waals surface area contributed by atoms with Crippen LogP contribution in [0.1, 0.15) is 5.56 Å². The van der Waals surface area contributed by atoms with E-state index in [-0.39, 0.29) is 17.0 Å². The molecule has 8 heteroatoms. The first-order chi connectivity index (χ1) is 8.79. The second kappa shape index (κ2) is 6.09. The first kappa shape index (κ1) is 15.5. The number of carbonyl (C=O) groups is 1. The van der Waals surface area contributed by atoms with Crippen LogP contribution in [-0.2, 0) is 21.4 Å². The van der Waals surface area contributed by atoms with Gasteiger partial charge in [-0.1, -0.05) is 6.07 Å². The maximum absolute atomic E-state index is 13.5. The lowest BCUT2D eigenvalue weighted by atomic mass is 10.2. The van der Waals surface area contributed by atoms with Gasteiger partial charge < -0.3 is 10.6 Å². The zero-order valence-electron chi connectivity index (χ0n) is 10.7. The number of hydrogen-bond donors (Lipinski definition) is 2. The van der Waals surface area contributed by atoms with Gasteiger partial charge in [-0.15, -0.1) is 0 Å². The molecule has 19 heavy (non-hydrogen) atoms. The van der Waals surface area contributed by atoms with Crippen molar-refractivity contribution in [3.8, 4) is 0 Å². The molecule has 0 aromatic heterocycles. The highest BCUT2D eigenvalue weighted by Crippen LogP contribution is 2.18. The average Bonchev–Trinajstić information content (AvgIpc) is 2.35. The Hall–Kier alpha value is -1.51. The van der Waals surface area contributed by atoms with Crippen LogP contribution in [0.5, 0.6) is 0 Å². The molecule has 0 aliphatic heterocycles. The molecule has 106 valence electrons. The Morgan fingerprint density at radius 1 is 1.42 bits per heavy atom. The van der Waals surface area contributed by atoms with Crippen molar-refractivity contribution in [2.75, 3.05) is 20.6 Å². The van der Waals surface area contributed by atoms with Gasteiger partial charge in [-0.05, 0) is 12.1 Å². The molecule has 1 rings (SSSR count). The van der Waals surface area contributed by atoms with Crippen LogP contribution >= 0.6 is 0 Å². The molecule has 0 bridgehead atoms. The Morgan fingerprint density at radius 3 is 2.58 bits per heavy atom. The van der Waals surface area contributed by atoms with Gasteiger partial charge in [-0.25, -0.2) is 17.5 Å². The van der Waals surface area contributed by atoms with Crippen LogP contribution in [0.15, 0.2) is 23.1 Å². The number of nitrogens with one attached hydrogen (secondary N) is 1. The van der Waals surface area contributed by atoms with Crippen LogP contribution in [0.2, 0.25) is 0 Å². The summed E-state index contributed by atoms with van der Waals surface area (Å²) in [5.41, 5.74) is 5.24. The molecule has 0 radical (unpaired) electrons. The van der Waals surface area contributed by atoms with Crippen molar-refractivity contribution in [1.29, 1.82) is 0 Å². The minimum Gasteiger partial charge on any atom is -0.348 e. The zero-order valence-corrected chi connectivity index (χ0v) is 11.5. The second-order valence-corrected chi connectivity index (χ2v) is 5.77. The highest BCUT2D eigenvalue weighted by molar-refractivity contribution is 7.89. The lowest BCUT2D eigenvalue weighted by molar-refractivity contribution is -0.127. The van der Waals surface area contributed by atoms with Gasteiger partial charge in [0.2, 0.25) is 15.9 Å². The molecule has 0 fully saturated rings. The zero-order chi connectivity index (χ0) is 14.6. The molecule has 1 amide bonds. The van der Waals surface area contributed by atoms with Gasteiger partial charge >= 0.3 is 0 Å². The molecule has 0 atom stereocenters. The number of sulfonamides is 1. The van der Waals surface area contributed by atoms with E-state index in [1.54, 1.807) is 0 Å². The van der Waals surface area contributed by atoms with Crippen LogP contribution in [-0.4, -0.2) is 39.9 Å². The topological polar surface area (TPSA) is 92.5 Å². The Bertz CT molecular complexity index is 573. The normalized spacial score (nSPS) is 11.4. The maximum atomic E-state index is 13.5. The number of amides is 1. The maximum Gasteiger partial charge on any atom is 0.241 e. The summed E-state index contributed by atoms with van der Waals surface area (Å²) >= 11 is 0. The average molecular weight is 289 g/mol. The van der Waals surface area contributed by atoms with E-state index in [0.717, 1.165) is 6.07 Å². The predicted molar refractivity (Wildman–Crippen MR) is 68.2 cm³/mol. The van der Waals surface area contributed by atoms with E-state index < -0.39 is 28.3 Å². The highest BCUT2D eigenvalue weighted by atomic mass is 32.2. The summed E-state index contributed by atoms with van der Waals surface area (Å²) in [6, 6.07) is 3.65. The van der Waals surface area contributed by atoms with Crippen LogP contribution in [0.4, 0.5) is 4.39 Å². The largest absolute Gasteiger partial charge is 0.348 e. The lowest BCUT2D eigenvalue weighted by Crippen LogP contribution is -2.36. The minimum atomic E-state index is -3.97. The van der Waals surface area contributed by atoms with Gasteiger partial charge in [-0.2, -0.15) is 0 Å². The Labute approximate surface area is 111 Å². The van der Waals surface area contributed by atoms with Crippen molar-refractivity contribution < 1.29 is 17.6 Å². The van der Waals surface area contributed by atoms with Gasteiger partial charge in [0, 0.05) is 26.2 Å². The molecule has 0 unspecified atom stereocenters. The number of carbonyl (C=O) groups excluding carboxylic acids is 1. The third-order valence-electron chi connectivity index (χ3n) is 2.48. The van der Waals surface area contributed by atoms with Gasteiger partial charge in [0.15, 0.2) is 0 Å². The quantitative estimate of drug-likeness (QED) is 0.775. The van der Waals surface area contributed by atoms with E-state index >= 15 is 0 Å². The highest BCUT2D eigenvalue weighted by Gasteiger charge is 2.21. The predicted octanol–water partition coefficient (Wildman–Crippen LogP) is -0.349. The fourth-order valence-corrected chi connectivity index (χ4v) is 2.61. The molecular weight excluding hydrogens is 273 g/mol. The standard InChI is InChI=1S/C11H16FN3O3S/c1-15(2)11(16)7-14-19(17,18)10-5-3-4-9(12)8(10)6-13/h3-5,14H,6-7,13H2,1-2H3. The number of nitrogens with zero attached hydrogens (tertiary/aromatic N) is 1. The fourth-order valence-electron chi connectivity index (χ4n) is 1.38. The summed E-state index contributed by atoms with van der Waals surface area (Å²) in [4.78, 5) is 12.3. The number of halogens is 1. The number of benzene rings is 1. The van der Waals surface area contributed by atoms with Crippen LogP contribution in [0.3, 0.4) is 0 Å². The molecule has 0 heterocycles. The molecular formula is C11H16FN3O3S. The van der Waals surface area contributed by atoms with Gasteiger partial charge in [0.05, 0.1) is 11.4 Å². The van der Waals surface area contributed by atoms with Crippen LogP contribution in [0.25, 0.3) is 0 Å². The Morgan fingerprint density at radius 2 is 2.05 bits per heavy atom. The third kappa shape index (κ3) is 3.72. The molecule has 0 saturated heterocycles. The smallest absolute Gasteiger partial charge is 0.241 e. The van der Waals surface area contributed by atoms with E-state index in [9.17, 15) is 17.6 Å². The van der Waals surface area contributed by atoms with Crippen molar-refractivity contribution in [3.05, 3.63) is 29.6 Å². The summed E-state index contributed by atoms with van der Waals surface area (Å²) < 4.78 is 39.6. The first-order valence-electron chi connectivity index (χ1n) is 5.47. The van der Waals surface area contributed by atoms with Crippen molar-refractivity contribution >= 4 is 15.9 Å². The molecule has 1 aromatic rings. The molecule has 0 aliphatic rings. The number of likely N-dealkylation sites (N-methyl/N-ethyl adjacent to an activating group) is 1. The van der Waals surface area contributed by atoms with E-state index in [1.165, 1.54) is 31.1 Å². The van der Waals surface area contributed by atoms with Crippen molar-refractivity contribution in [2.45, 2.75) is 11.4 Å². The summed E-state index contributed by atoms with van der Waals surface area (Å²) in [7, 11) is -0.963. The first-order valence-corrected chi connectivity index (χ1v) is 6.95. The van der Waals surface area contributed by atoms with Gasteiger partial charge in [0.1, 0.15) is 5.82 Å². The molecule has 3 N–H and O–H groups in total. The minimum absolute atomic E-state index is 0.104. The molecule has 0 saturated carbocycles. The summed E-state index contributed by atoms with van der Waals surface area (Å²) in [6.45, 7) is -0.638. The molecule has 0 aliphatic carbocycles. The van der Waals surface area contributed by atoms with E-state index in [2.05, 4.69) is 4.72 Å². The van der Waals surface area contributed by atoms with Crippen molar-refractivity contribution in [2.24, 2.45) is 5.73 Å². The van der Waals surface area contributed by atoms with E-state index in [1.807, 2.05) is 0 Å². The fraction of sp³-hybridized carbons (Fsp3) is 0.364. The number of hydrogen-bond acceptors (Lipinski definition) is 4. The van der Waals surface area contributed by atoms with E-state index in [0.29, 0.717) is 0 Å². The SMILES string of the molecule is CN(C)C(=O)CNS(=O)(=O)c1cccc(F)c1CN. The number of rotatable bonds is 5.